The van der Waals surface area contributed by atoms with E-state index in [1.165, 1.54) is 42.6 Å². The van der Waals surface area contributed by atoms with E-state index in [0.29, 0.717) is 16.3 Å². The van der Waals surface area contributed by atoms with Crippen molar-refractivity contribution in [3.8, 4) is 5.75 Å². The largest absolute Gasteiger partial charge is 0.506 e. The molecular formula is C13H11Cl2N3O3S. The Morgan fingerprint density at radius 3 is 2.41 bits per heavy atom. The van der Waals surface area contributed by atoms with Gasteiger partial charge in [-0.2, -0.15) is 5.10 Å². The highest BCUT2D eigenvalue weighted by atomic mass is 35.5. The van der Waals surface area contributed by atoms with Gasteiger partial charge in [-0.15, -0.1) is 0 Å². The smallest absolute Gasteiger partial charge is 0.238 e. The van der Waals surface area contributed by atoms with Crippen molar-refractivity contribution in [3.63, 3.8) is 0 Å². The molecule has 0 aromatic heterocycles. The maximum atomic E-state index is 11.1. The number of primary sulfonamides is 1. The monoisotopic (exact) mass is 359 g/mol. The van der Waals surface area contributed by atoms with Crippen LogP contribution in [-0.4, -0.2) is 19.7 Å². The molecule has 0 aliphatic heterocycles. The van der Waals surface area contributed by atoms with E-state index in [2.05, 4.69) is 10.5 Å². The fourth-order valence-corrected chi connectivity index (χ4v) is 2.60. The highest BCUT2D eigenvalue weighted by Gasteiger charge is 2.07. The third-order valence-electron chi connectivity index (χ3n) is 2.64. The summed E-state index contributed by atoms with van der Waals surface area (Å²) in [6.45, 7) is 0. The second-order valence-corrected chi connectivity index (χ2v) is 6.67. The molecule has 0 bridgehead atoms. The molecule has 0 radical (unpaired) electrons. The van der Waals surface area contributed by atoms with Gasteiger partial charge in [-0.25, -0.2) is 13.6 Å². The number of rotatable bonds is 4. The van der Waals surface area contributed by atoms with Crippen LogP contribution in [0.3, 0.4) is 0 Å². The van der Waals surface area contributed by atoms with Crippen molar-refractivity contribution in [2.24, 2.45) is 10.2 Å². The molecule has 0 unspecified atom stereocenters. The first-order valence-corrected chi connectivity index (χ1v) is 8.17. The van der Waals surface area contributed by atoms with Crippen molar-refractivity contribution < 1.29 is 13.5 Å². The van der Waals surface area contributed by atoms with E-state index < -0.39 is 10.0 Å². The summed E-state index contributed by atoms with van der Waals surface area (Å²) in [5, 5.41) is 19.1. The average Bonchev–Trinajstić information content (AvgIpc) is 2.43. The van der Waals surface area contributed by atoms with E-state index in [9.17, 15) is 13.5 Å². The number of nitrogens with one attached hydrogen (secondary N) is 1. The van der Waals surface area contributed by atoms with Crippen molar-refractivity contribution in [2.45, 2.75) is 4.90 Å². The molecule has 0 saturated heterocycles. The predicted molar refractivity (Wildman–Crippen MR) is 87.2 cm³/mol. The minimum Gasteiger partial charge on any atom is -0.506 e. The second-order valence-electron chi connectivity index (χ2n) is 4.26. The quantitative estimate of drug-likeness (QED) is 0.576. The van der Waals surface area contributed by atoms with Gasteiger partial charge in [0.15, 0.2) is 0 Å². The van der Waals surface area contributed by atoms with Gasteiger partial charge < -0.3 is 5.11 Å². The van der Waals surface area contributed by atoms with Crippen LogP contribution in [0.1, 0.15) is 5.56 Å². The van der Waals surface area contributed by atoms with Crippen LogP contribution < -0.4 is 10.6 Å². The van der Waals surface area contributed by atoms with Crippen LogP contribution in [-0.2, 0) is 10.0 Å². The van der Waals surface area contributed by atoms with Gasteiger partial charge in [0.1, 0.15) is 5.75 Å². The van der Waals surface area contributed by atoms with Gasteiger partial charge in [-0.05, 0) is 36.4 Å². The SMILES string of the molecule is NS(=O)(=O)c1ccc(N/N=C/c2cc(Cl)cc(Cl)c2O)cc1. The van der Waals surface area contributed by atoms with Gasteiger partial charge in [-0.1, -0.05) is 23.2 Å². The number of hydrogen-bond donors (Lipinski definition) is 3. The molecule has 0 atom stereocenters. The van der Waals surface area contributed by atoms with Crippen LogP contribution >= 0.6 is 23.2 Å². The van der Waals surface area contributed by atoms with E-state index in [1.807, 2.05) is 0 Å². The summed E-state index contributed by atoms with van der Waals surface area (Å²) in [6.07, 6.45) is 1.33. The molecule has 2 aromatic rings. The van der Waals surface area contributed by atoms with Gasteiger partial charge in [0.25, 0.3) is 0 Å². The standard InChI is InChI=1S/C13H11Cl2N3O3S/c14-9-5-8(13(19)12(15)6-9)7-17-18-10-1-3-11(4-2-10)22(16,20)21/h1-7,18-19H,(H2,16,20,21)/b17-7+. The van der Waals surface area contributed by atoms with Crippen LogP contribution in [0.25, 0.3) is 0 Å². The van der Waals surface area contributed by atoms with Gasteiger partial charge in [0.05, 0.1) is 21.8 Å². The third kappa shape index (κ3) is 4.11. The molecule has 0 aliphatic rings. The van der Waals surface area contributed by atoms with Gasteiger partial charge in [-0.3, -0.25) is 5.43 Å². The van der Waals surface area contributed by atoms with Crippen LogP contribution in [0, 0.1) is 0 Å². The summed E-state index contributed by atoms with van der Waals surface area (Å²) >= 11 is 11.6. The zero-order chi connectivity index (χ0) is 16.3. The van der Waals surface area contributed by atoms with E-state index in [-0.39, 0.29) is 15.7 Å². The Hall–Kier alpha value is -1.80. The number of nitrogens with two attached hydrogens (primary N) is 1. The molecule has 4 N–H and O–H groups in total. The average molecular weight is 360 g/mol. The number of sulfonamides is 1. The number of anilines is 1. The minimum absolute atomic E-state index is 0.00120. The lowest BCUT2D eigenvalue weighted by molar-refractivity contribution is 0.475. The first-order chi connectivity index (χ1) is 10.3. The van der Waals surface area contributed by atoms with Crippen molar-refractivity contribution in [2.75, 3.05) is 5.43 Å². The molecule has 0 spiro atoms. The van der Waals surface area contributed by atoms with E-state index in [0.717, 1.165) is 0 Å². The molecule has 2 rings (SSSR count). The Balaban J connectivity index is 2.13. The molecule has 0 fully saturated rings. The molecular weight excluding hydrogens is 349 g/mol. The van der Waals surface area contributed by atoms with Crippen LogP contribution in [0.5, 0.6) is 5.75 Å². The number of hydrazone groups is 1. The summed E-state index contributed by atoms with van der Waals surface area (Å²) in [6, 6.07) is 8.61. The Morgan fingerprint density at radius 1 is 1.18 bits per heavy atom. The molecule has 2 aromatic carbocycles. The fourth-order valence-electron chi connectivity index (χ4n) is 1.58. The van der Waals surface area contributed by atoms with Crippen molar-refractivity contribution in [1.82, 2.24) is 0 Å². The molecule has 0 heterocycles. The van der Waals surface area contributed by atoms with E-state index in [4.69, 9.17) is 28.3 Å². The lowest BCUT2D eigenvalue weighted by atomic mass is 10.2. The first kappa shape index (κ1) is 16.6. The zero-order valence-corrected chi connectivity index (χ0v) is 13.3. The van der Waals surface area contributed by atoms with Crippen LogP contribution in [0.4, 0.5) is 5.69 Å². The summed E-state index contributed by atoms with van der Waals surface area (Å²) in [4.78, 5) is 0.00120. The zero-order valence-electron chi connectivity index (χ0n) is 11.0. The molecule has 0 saturated carbocycles. The highest BCUT2D eigenvalue weighted by Crippen LogP contribution is 2.30. The van der Waals surface area contributed by atoms with Crippen molar-refractivity contribution in [3.05, 3.63) is 52.0 Å². The summed E-state index contributed by atoms with van der Waals surface area (Å²) < 4.78 is 22.2. The van der Waals surface area contributed by atoms with Crippen LogP contribution in [0.15, 0.2) is 46.4 Å². The third-order valence-corrected chi connectivity index (χ3v) is 4.07. The van der Waals surface area contributed by atoms with Gasteiger partial charge >= 0.3 is 0 Å². The molecule has 6 nitrogen and oxygen atoms in total. The van der Waals surface area contributed by atoms with E-state index >= 15 is 0 Å². The lowest BCUT2D eigenvalue weighted by Crippen LogP contribution is -2.11. The molecule has 0 amide bonds. The van der Waals surface area contributed by atoms with E-state index in [1.54, 1.807) is 0 Å². The molecule has 22 heavy (non-hydrogen) atoms. The number of halogens is 2. The maximum Gasteiger partial charge on any atom is 0.238 e. The number of hydrogen-bond acceptors (Lipinski definition) is 5. The second kappa shape index (κ2) is 6.53. The van der Waals surface area contributed by atoms with Crippen molar-refractivity contribution >= 4 is 45.1 Å². The van der Waals surface area contributed by atoms with Gasteiger partial charge in [0.2, 0.25) is 10.0 Å². The highest BCUT2D eigenvalue weighted by molar-refractivity contribution is 7.89. The normalized spacial score (nSPS) is 11.8. The van der Waals surface area contributed by atoms with Crippen LogP contribution in [0.2, 0.25) is 10.0 Å². The Morgan fingerprint density at radius 2 is 1.82 bits per heavy atom. The number of phenolic OH excluding ortho intramolecular Hbond substituents is 1. The Kier molecular flexibility index (Phi) is 4.92. The lowest BCUT2D eigenvalue weighted by Gasteiger charge is -2.04. The topological polar surface area (TPSA) is 105 Å². The minimum atomic E-state index is -3.73. The maximum absolute atomic E-state index is 11.1. The number of aromatic hydroxyl groups is 1. The fraction of sp³-hybridized carbons (Fsp3) is 0. The first-order valence-electron chi connectivity index (χ1n) is 5.87. The Labute approximate surface area is 137 Å². The molecule has 9 heteroatoms. The number of phenols is 1. The van der Waals surface area contributed by atoms with Crippen molar-refractivity contribution in [1.29, 1.82) is 0 Å². The molecule has 0 aliphatic carbocycles. The predicted octanol–water partition coefficient (Wildman–Crippen LogP) is 2.79. The summed E-state index contributed by atoms with van der Waals surface area (Å²) in [7, 11) is -3.73. The summed E-state index contributed by atoms with van der Waals surface area (Å²) in [5.74, 6) is -0.138. The van der Waals surface area contributed by atoms with Gasteiger partial charge in [0, 0.05) is 10.6 Å². The molecule has 116 valence electrons. The number of nitrogens with zero attached hydrogens (tertiary/aromatic N) is 1. The number of benzene rings is 2. The summed E-state index contributed by atoms with van der Waals surface area (Å²) in [5.41, 5.74) is 3.55. The Bertz CT molecular complexity index is 821.